The van der Waals surface area contributed by atoms with Gasteiger partial charge in [-0.05, 0) is 17.9 Å². The van der Waals surface area contributed by atoms with Crippen LogP contribution in [-0.4, -0.2) is 0 Å². The van der Waals surface area contributed by atoms with Crippen molar-refractivity contribution in [3.63, 3.8) is 0 Å². The van der Waals surface area contributed by atoms with Crippen molar-refractivity contribution in [1.29, 1.82) is 0 Å². The minimum absolute atomic E-state index is 0.709. The molecule has 0 nitrogen and oxygen atoms in total. The first-order valence-corrected chi connectivity index (χ1v) is 6.31. The fourth-order valence-electron chi connectivity index (χ4n) is 1.02. The Morgan fingerprint density at radius 3 is 1.67 bits per heavy atom. The average molecular weight is 208 g/mol. The molecular weight excluding hydrogens is 180 g/mol. The molecule has 0 aliphatic rings. The number of rotatable bonds is 2. The van der Waals surface area contributed by atoms with Gasteiger partial charge in [-0.3, -0.25) is 0 Å². The Morgan fingerprint density at radius 2 is 1.33 bits per heavy atom. The third-order valence-electron chi connectivity index (χ3n) is 1.98. The van der Waals surface area contributed by atoms with Crippen molar-refractivity contribution in [2.75, 3.05) is 0 Å². The zero-order chi connectivity index (χ0) is 12.1. The van der Waals surface area contributed by atoms with Gasteiger partial charge in [0.25, 0.3) is 0 Å². The van der Waals surface area contributed by atoms with E-state index in [0.29, 0.717) is 5.92 Å². The maximum atomic E-state index is 2.26. The summed E-state index contributed by atoms with van der Waals surface area (Å²) in [5.74, 6) is 0.709. The van der Waals surface area contributed by atoms with Crippen LogP contribution in [0.5, 0.6) is 0 Å². The molecular formula is C15H28. The summed E-state index contributed by atoms with van der Waals surface area (Å²) in [5, 5.41) is 0. The van der Waals surface area contributed by atoms with Crippen LogP contribution in [0.4, 0.5) is 0 Å². The van der Waals surface area contributed by atoms with Crippen LogP contribution in [-0.2, 0) is 0 Å². The lowest BCUT2D eigenvalue weighted by atomic mass is 9.99. The number of benzene rings is 1. The van der Waals surface area contributed by atoms with E-state index in [-0.39, 0.29) is 0 Å². The highest BCUT2D eigenvalue weighted by Gasteiger charge is 1.98. The van der Waals surface area contributed by atoms with Crippen LogP contribution in [0.3, 0.4) is 0 Å². The standard InChI is InChI=1S/C10H14.C3H8.C2H6/c1-3-9(2)10-7-5-4-6-8-10;1-3-2;1-2/h4-9H,3H2,1-2H3;3H2,1-2H3;1-2H3. The Labute approximate surface area is 96.7 Å². The molecule has 0 fully saturated rings. The summed E-state index contributed by atoms with van der Waals surface area (Å²) in [6, 6.07) is 10.6. The van der Waals surface area contributed by atoms with E-state index in [2.05, 4.69) is 58.0 Å². The second-order valence-corrected chi connectivity index (χ2v) is 3.43. The number of hydrogen-bond acceptors (Lipinski definition) is 0. The van der Waals surface area contributed by atoms with E-state index < -0.39 is 0 Å². The summed E-state index contributed by atoms with van der Waals surface area (Å²) < 4.78 is 0. The second kappa shape index (κ2) is 13.2. The van der Waals surface area contributed by atoms with Crippen LogP contribution in [0.15, 0.2) is 30.3 Å². The lowest BCUT2D eigenvalue weighted by Gasteiger charge is -2.06. The molecule has 1 aromatic rings. The number of hydrogen-bond donors (Lipinski definition) is 0. The molecule has 1 aromatic carbocycles. The van der Waals surface area contributed by atoms with Gasteiger partial charge in [0.05, 0.1) is 0 Å². The first kappa shape index (κ1) is 16.6. The van der Waals surface area contributed by atoms with Gasteiger partial charge in [0.15, 0.2) is 0 Å². The quantitative estimate of drug-likeness (QED) is 0.589. The normalized spacial score (nSPS) is 10.3. The van der Waals surface area contributed by atoms with Gasteiger partial charge in [0, 0.05) is 0 Å². The minimum Gasteiger partial charge on any atom is -0.0683 e. The second-order valence-electron chi connectivity index (χ2n) is 3.43. The molecule has 0 bridgehead atoms. The SMILES string of the molecule is CC.CCC.CCC(C)c1ccccc1. The Morgan fingerprint density at radius 1 is 0.933 bits per heavy atom. The first-order chi connectivity index (χ1) is 7.26. The fourth-order valence-corrected chi connectivity index (χ4v) is 1.02. The molecule has 0 aliphatic carbocycles. The van der Waals surface area contributed by atoms with Gasteiger partial charge in [-0.1, -0.05) is 78.3 Å². The summed E-state index contributed by atoms with van der Waals surface area (Å²) in [5.41, 5.74) is 1.45. The van der Waals surface area contributed by atoms with Crippen LogP contribution in [0.1, 0.15) is 65.9 Å². The summed E-state index contributed by atoms with van der Waals surface area (Å²) in [6.07, 6.45) is 2.48. The largest absolute Gasteiger partial charge is 0.0683 e. The lowest BCUT2D eigenvalue weighted by Crippen LogP contribution is -1.88. The van der Waals surface area contributed by atoms with E-state index in [1.165, 1.54) is 18.4 Å². The highest BCUT2D eigenvalue weighted by Crippen LogP contribution is 2.16. The Kier molecular flexibility index (Phi) is 14.7. The van der Waals surface area contributed by atoms with Crippen molar-refractivity contribution in [2.45, 2.75) is 60.3 Å². The van der Waals surface area contributed by atoms with Crippen molar-refractivity contribution in [2.24, 2.45) is 0 Å². The molecule has 88 valence electrons. The molecule has 0 radical (unpaired) electrons. The predicted octanol–water partition coefficient (Wildman–Crippen LogP) is 5.64. The highest BCUT2D eigenvalue weighted by atomic mass is 14.0. The third-order valence-corrected chi connectivity index (χ3v) is 1.98. The van der Waals surface area contributed by atoms with Gasteiger partial charge >= 0.3 is 0 Å². The van der Waals surface area contributed by atoms with E-state index in [1.807, 2.05) is 13.8 Å². The van der Waals surface area contributed by atoms with Gasteiger partial charge in [0.1, 0.15) is 0 Å². The lowest BCUT2D eigenvalue weighted by molar-refractivity contribution is 0.733. The molecule has 0 spiro atoms. The molecule has 0 N–H and O–H groups in total. The van der Waals surface area contributed by atoms with E-state index in [0.717, 1.165) is 0 Å². The smallest absolute Gasteiger partial charge is 0.0193 e. The zero-order valence-electron chi connectivity index (χ0n) is 11.4. The minimum atomic E-state index is 0.709. The average Bonchev–Trinajstić information content (AvgIpc) is 2.33. The summed E-state index contributed by atoms with van der Waals surface area (Å²) in [7, 11) is 0. The maximum Gasteiger partial charge on any atom is -0.0193 e. The Hall–Kier alpha value is -0.780. The molecule has 0 amide bonds. The molecule has 15 heavy (non-hydrogen) atoms. The van der Waals surface area contributed by atoms with Crippen LogP contribution >= 0.6 is 0 Å². The molecule has 0 saturated carbocycles. The summed E-state index contributed by atoms with van der Waals surface area (Å²) in [6.45, 7) is 12.7. The molecule has 1 rings (SSSR count). The van der Waals surface area contributed by atoms with Crippen LogP contribution in [0.25, 0.3) is 0 Å². The summed E-state index contributed by atoms with van der Waals surface area (Å²) >= 11 is 0. The molecule has 1 unspecified atom stereocenters. The van der Waals surface area contributed by atoms with E-state index in [9.17, 15) is 0 Å². The Bertz CT molecular complexity index is 188. The van der Waals surface area contributed by atoms with E-state index in [4.69, 9.17) is 0 Å². The molecule has 0 heteroatoms. The first-order valence-electron chi connectivity index (χ1n) is 6.31. The zero-order valence-corrected chi connectivity index (χ0v) is 11.4. The molecule has 0 aliphatic heterocycles. The predicted molar refractivity (Wildman–Crippen MR) is 72.5 cm³/mol. The van der Waals surface area contributed by atoms with Crippen molar-refractivity contribution in [1.82, 2.24) is 0 Å². The van der Waals surface area contributed by atoms with Gasteiger partial charge in [-0.15, -0.1) is 0 Å². The highest BCUT2D eigenvalue weighted by molar-refractivity contribution is 5.18. The van der Waals surface area contributed by atoms with E-state index >= 15 is 0 Å². The van der Waals surface area contributed by atoms with Gasteiger partial charge in [-0.25, -0.2) is 0 Å². The van der Waals surface area contributed by atoms with Crippen molar-refractivity contribution < 1.29 is 0 Å². The maximum absolute atomic E-state index is 2.26. The molecule has 1 atom stereocenters. The monoisotopic (exact) mass is 208 g/mol. The van der Waals surface area contributed by atoms with Crippen molar-refractivity contribution >= 4 is 0 Å². The van der Waals surface area contributed by atoms with E-state index in [1.54, 1.807) is 0 Å². The van der Waals surface area contributed by atoms with Gasteiger partial charge in [-0.2, -0.15) is 0 Å². The molecule has 0 aromatic heterocycles. The van der Waals surface area contributed by atoms with Crippen LogP contribution in [0.2, 0.25) is 0 Å². The molecule has 0 heterocycles. The Balaban J connectivity index is 0. The van der Waals surface area contributed by atoms with Gasteiger partial charge in [0.2, 0.25) is 0 Å². The van der Waals surface area contributed by atoms with Crippen molar-refractivity contribution in [3.05, 3.63) is 35.9 Å². The summed E-state index contributed by atoms with van der Waals surface area (Å²) in [4.78, 5) is 0. The van der Waals surface area contributed by atoms with Crippen LogP contribution in [0, 0.1) is 0 Å². The fraction of sp³-hybridized carbons (Fsp3) is 0.600. The van der Waals surface area contributed by atoms with Gasteiger partial charge < -0.3 is 0 Å². The van der Waals surface area contributed by atoms with Crippen molar-refractivity contribution in [3.8, 4) is 0 Å². The third kappa shape index (κ3) is 9.52. The topological polar surface area (TPSA) is 0 Å². The molecule has 0 saturated heterocycles. The van der Waals surface area contributed by atoms with Crippen LogP contribution < -0.4 is 0 Å².